The van der Waals surface area contributed by atoms with Gasteiger partial charge in [-0.15, -0.1) is 0 Å². The molecule has 0 radical (unpaired) electrons. The van der Waals surface area contributed by atoms with Crippen LogP contribution in [-0.2, 0) is 10.4 Å². The molecule has 0 spiro atoms. The van der Waals surface area contributed by atoms with Gasteiger partial charge in [0.15, 0.2) is 0 Å². The van der Waals surface area contributed by atoms with E-state index in [4.69, 9.17) is 0 Å². The van der Waals surface area contributed by atoms with Gasteiger partial charge in [0.25, 0.3) is 0 Å². The first-order chi connectivity index (χ1) is 8.94. The maximum atomic E-state index is 11.5. The van der Waals surface area contributed by atoms with Crippen LogP contribution in [0.25, 0.3) is 0 Å². The Morgan fingerprint density at radius 1 is 0.842 bits per heavy atom. The van der Waals surface area contributed by atoms with Gasteiger partial charge in [0.05, 0.1) is 0 Å². The molecule has 2 aromatic rings. The molecule has 19 heavy (non-hydrogen) atoms. The van der Waals surface area contributed by atoms with E-state index >= 15 is 0 Å². The molecule has 2 aromatic carbocycles. The van der Waals surface area contributed by atoms with Gasteiger partial charge in [-0.25, -0.2) is 4.79 Å². The highest BCUT2D eigenvalue weighted by molar-refractivity contribution is 5.83. The predicted molar refractivity (Wildman–Crippen MR) is 73.0 cm³/mol. The molecule has 0 heterocycles. The van der Waals surface area contributed by atoms with Gasteiger partial charge in [0.2, 0.25) is 5.60 Å². The summed E-state index contributed by atoms with van der Waals surface area (Å²) in [6, 6.07) is 13.7. The molecular weight excluding hydrogens is 240 g/mol. The largest absolute Gasteiger partial charge is 0.479 e. The van der Waals surface area contributed by atoms with Crippen molar-refractivity contribution >= 4 is 5.97 Å². The lowest BCUT2D eigenvalue weighted by atomic mass is 9.86. The monoisotopic (exact) mass is 256 g/mol. The van der Waals surface area contributed by atoms with E-state index in [0.717, 1.165) is 11.1 Å². The quantitative estimate of drug-likeness (QED) is 0.887. The van der Waals surface area contributed by atoms with E-state index in [-0.39, 0.29) is 0 Å². The van der Waals surface area contributed by atoms with Crippen molar-refractivity contribution in [3.63, 3.8) is 0 Å². The summed E-state index contributed by atoms with van der Waals surface area (Å²) in [5.74, 6) is -1.28. The highest BCUT2D eigenvalue weighted by Gasteiger charge is 2.39. The second-order valence-corrected chi connectivity index (χ2v) is 4.75. The molecule has 0 aromatic heterocycles. The summed E-state index contributed by atoms with van der Waals surface area (Å²) in [7, 11) is 0. The minimum absolute atomic E-state index is 0.356. The number of carboxylic acid groups (broad SMARTS) is 1. The maximum Gasteiger partial charge on any atom is 0.345 e. The Bertz CT molecular complexity index is 537. The van der Waals surface area contributed by atoms with Crippen LogP contribution in [0.15, 0.2) is 48.5 Å². The zero-order valence-electron chi connectivity index (χ0n) is 10.9. The lowest BCUT2D eigenvalue weighted by Gasteiger charge is -2.24. The number of hydrogen-bond donors (Lipinski definition) is 2. The molecular formula is C16H16O3. The number of rotatable bonds is 3. The van der Waals surface area contributed by atoms with Crippen molar-refractivity contribution in [2.45, 2.75) is 19.4 Å². The minimum atomic E-state index is -2.01. The van der Waals surface area contributed by atoms with Crippen LogP contribution >= 0.6 is 0 Å². The van der Waals surface area contributed by atoms with E-state index in [1.165, 1.54) is 0 Å². The van der Waals surface area contributed by atoms with Crippen molar-refractivity contribution in [3.05, 3.63) is 70.8 Å². The highest BCUT2D eigenvalue weighted by atomic mass is 16.4. The molecule has 0 unspecified atom stereocenters. The van der Waals surface area contributed by atoms with Crippen LogP contribution in [0.4, 0.5) is 0 Å². The molecule has 2 rings (SSSR count). The molecule has 0 amide bonds. The van der Waals surface area contributed by atoms with Gasteiger partial charge >= 0.3 is 5.97 Å². The Kier molecular flexibility index (Phi) is 3.40. The van der Waals surface area contributed by atoms with Crippen LogP contribution in [0.3, 0.4) is 0 Å². The topological polar surface area (TPSA) is 57.5 Å². The van der Waals surface area contributed by atoms with Gasteiger partial charge in [-0.3, -0.25) is 0 Å². The summed E-state index contributed by atoms with van der Waals surface area (Å²) in [5, 5.41) is 20.0. The van der Waals surface area contributed by atoms with Crippen LogP contribution in [0, 0.1) is 13.8 Å². The van der Waals surface area contributed by atoms with Gasteiger partial charge < -0.3 is 10.2 Å². The van der Waals surface area contributed by atoms with Crippen molar-refractivity contribution in [2.75, 3.05) is 0 Å². The van der Waals surface area contributed by atoms with Crippen LogP contribution in [-0.4, -0.2) is 16.2 Å². The van der Waals surface area contributed by atoms with E-state index < -0.39 is 11.6 Å². The molecule has 98 valence electrons. The first-order valence-electron chi connectivity index (χ1n) is 6.04. The lowest BCUT2D eigenvalue weighted by Crippen LogP contribution is -2.36. The molecule has 3 heteroatoms. The van der Waals surface area contributed by atoms with Crippen molar-refractivity contribution in [2.24, 2.45) is 0 Å². The van der Waals surface area contributed by atoms with Crippen LogP contribution in [0.5, 0.6) is 0 Å². The van der Waals surface area contributed by atoms with Gasteiger partial charge in [0.1, 0.15) is 0 Å². The zero-order valence-corrected chi connectivity index (χ0v) is 10.9. The summed E-state index contributed by atoms with van der Waals surface area (Å²) >= 11 is 0. The number of carbonyl (C=O) groups is 1. The van der Waals surface area contributed by atoms with Crippen molar-refractivity contribution in [1.82, 2.24) is 0 Å². The Hall–Kier alpha value is -2.13. The zero-order chi connectivity index (χ0) is 14.0. The maximum absolute atomic E-state index is 11.5. The van der Waals surface area contributed by atoms with E-state index in [0.29, 0.717) is 11.1 Å². The third kappa shape index (κ3) is 2.37. The van der Waals surface area contributed by atoms with E-state index in [1.54, 1.807) is 48.5 Å². The molecule has 0 bridgehead atoms. The average Bonchev–Trinajstić information content (AvgIpc) is 2.39. The van der Waals surface area contributed by atoms with E-state index in [1.807, 2.05) is 13.8 Å². The molecule has 0 atom stereocenters. The molecule has 0 fully saturated rings. The SMILES string of the molecule is Cc1ccc(C(O)(C(=O)O)c2ccc(C)cc2)cc1. The van der Waals surface area contributed by atoms with Crippen LogP contribution in [0.1, 0.15) is 22.3 Å². The Morgan fingerprint density at radius 3 is 1.42 bits per heavy atom. The molecule has 0 aliphatic heterocycles. The Balaban J connectivity index is 2.57. The summed E-state index contributed by atoms with van der Waals surface area (Å²) in [5.41, 5.74) is 0.728. The van der Waals surface area contributed by atoms with Gasteiger partial charge in [-0.2, -0.15) is 0 Å². The first kappa shape index (κ1) is 13.3. The molecule has 0 aliphatic carbocycles. The lowest BCUT2D eigenvalue weighted by molar-refractivity contribution is -0.155. The van der Waals surface area contributed by atoms with Gasteiger partial charge in [0, 0.05) is 0 Å². The first-order valence-corrected chi connectivity index (χ1v) is 6.04. The predicted octanol–water partition coefficient (Wildman–Crippen LogP) is 2.62. The molecule has 3 nitrogen and oxygen atoms in total. The van der Waals surface area contributed by atoms with Gasteiger partial charge in [-0.05, 0) is 25.0 Å². The Labute approximate surface area is 112 Å². The fourth-order valence-electron chi connectivity index (χ4n) is 2.00. The standard InChI is InChI=1S/C16H16O3/c1-11-3-7-13(8-4-11)16(19,15(17)18)14-9-5-12(2)6-10-14/h3-10,19H,1-2H3,(H,17,18). The number of hydrogen-bond acceptors (Lipinski definition) is 2. The summed E-state index contributed by atoms with van der Waals surface area (Å²) in [6.07, 6.45) is 0. The van der Waals surface area contributed by atoms with Crippen molar-refractivity contribution in [3.8, 4) is 0 Å². The second kappa shape index (κ2) is 4.86. The number of aliphatic carboxylic acids is 1. The van der Waals surface area contributed by atoms with Crippen molar-refractivity contribution in [1.29, 1.82) is 0 Å². The smallest absolute Gasteiger partial charge is 0.345 e. The second-order valence-electron chi connectivity index (χ2n) is 4.75. The molecule has 2 N–H and O–H groups in total. The normalized spacial score (nSPS) is 11.3. The number of benzene rings is 2. The van der Waals surface area contributed by atoms with Crippen LogP contribution < -0.4 is 0 Å². The number of aliphatic hydroxyl groups is 1. The summed E-state index contributed by atoms with van der Waals surface area (Å²) < 4.78 is 0. The van der Waals surface area contributed by atoms with Crippen molar-refractivity contribution < 1.29 is 15.0 Å². The Morgan fingerprint density at radius 2 is 1.16 bits per heavy atom. The molecule has 0 aliphatic rings. The van der Waals surface area contributed by atoms with Gasteiger partial charge in [-0.1, -0.05) is 59.7 Å². The third-order valence-electron chi connectivity index (χ3n) is 3.25. The van der Waals surface area contributed by atoms with Crippen LogP contribution in [0.2, 0.25) is 0 Å². The summed E-state index contributed by atoms with van der Waals surface area (Å²) in [6.45, 7) is 3.82. The van der Waals surface area contributed by atoms with E-state index in [2.05, 4.69) is 0 Å². The number of carboxylic acids is 1. The number of aryl methyl sites for hydroxylation is 2. The third-order valence-corrected chi connectivity index (χ3v) is 3.25. The molecule has 0 saturated carbocycles. The fraction of sp³-hybridized carbons (Fsp3) is 0.188. The summed E-state index contributed by atoms with van der Waals surface area (Å²) in [4.78, 5) is 11.5. The van der Waals surface area contributed by atoms with E-state index in [9.17, 15) is 15.0 Å². The fourth-order valence-corrected chi connectivity index (χ4v) is 2.00. The molecule has 0 saturated heterocycles. The minimum Gasteiger partial charge on any atom is -0.479 e. The average molecular weight is 256 g/mol. The highest BCUT2D eigenvalue weighted by Crippen LogP contribution is 2.30.